The van der Waals surface area contributed by atoms with Crippen LogP contribution < -0.4 is 0 Å². The molecule has 0 unspecified atom stereocenters. The molecular formula is C9H20O6Si. The summed E-state index contributed by atoms with van der Waals surface area (Å²) < 4.78 is 0. The molecule has 0 bridgehead atoms. The fraction of sp³-hybridized carbons (Fsp3) is 0.889. The molecule has 5 N–H and O–H groups in total. The number of hydrogen-bond donors (Lipinski definition) is 5. The largest absolute Gasteiger partial charge is 0.394 e. The molecule has 0 saturated heterocycles. The maximum absolute atomic E-state index is 10.3. The zero-order valence-corrected chi connectivity index (χ0v) is 10.7. The van der Waals surface area contributed by atoms with Crippen molar-refractivity contribution >= 4 is 14.4 Å². The molecule has 0 spiro atoms. The van der Waals surface area contributed by atoms with E-state index < -0.39 is 38.2 Å². The third-order valence-electron chi connectivity index (χ3n) is 2.84. The van der Waals surface area contributed by atoms with Crippen LogP contribution in [-0.4, -0.2) is 70.0 Å². The van der Waals surface area contributed by atoms with E-state index in [-0.39, 0.29) is 6.29 Å². The zero-order chi connectivity index (χ0) is 13.1. The smallest absolute Gasteiger partial charge is 0.151 e. The molecule has 0 heterocycles. The van der Waals surface area contributed by atoms with E-state index in [1.807, 2.05) is 0 Å². The number of hydrogen-bond acceptors (Lipinski definition) is 6. The van der Waals surface area contributed by atoms with Crippen molar-refractivity contribution < 1.29 is 30.3 Å². The lowest BCUT2D eigenvalue weighted by atomic mass is 10.0. The van der Waals surface area contributed by atoms with Crippen molar-refractivity contribution in [3.63, 3.8) is 0 Å². The molecule has 0 rings (SSSR count). The van der Waals surface area contributed by atoms with Crippen molar-refractivity contribution in [1.82, 2.24) is 0 Å². The second-order valence-corrected chi connectivity index (χ2v) is 10.3. The van der Waals surface area contributed by atoms with Crippen LogP contribution in [0.1, 0.15) is 0 Å². The minimum Gasteiger partial charge on any atom is -0.394 e. The Labute approximate surface area is 95.2 Å². The van der Waals surface area contributed by atoms with Crippen LogP contribution in [0.2, 0.25) is 19.6 Å². The molecule has 0 aromatic rings. The summed E-state index contributed by atoms with van der Waals surface area (Å²) in [6.45, 7) is 4.32. The summed E-state index contributed by atoms with van der Waals surface area (Å²) in [7, 11) is -2.43. The van der Waals surface area contributed by atoms with E-state index in [2.05, 4.69) is 0 Å². The van der Waals surface area contributed by atoms with Crippen LogP contribution in [0.3, 0.4) is 0 Å². The van der Waals surface area contributed by atoms with Gasteiger partial charge in [0, 0.05) is 0 Å². The highest BCUT2D eigenvalue weighted by molar-refractivity contribution is 6.79. The number of rotatable bonds is 6. The number of carbonyl (C=O) groups excluding carboxylic acids is 1. The van der Waals surface area contributed by atoms with Gasteiger partial charge in [0.25, 0.3) is 0 Å². The summed E-state index contributed by atoms with van der Waals surface area (Å²) in [6, 6.07) is 0. The molecule has 0 aliphatic rings. The maximum atomic E-state index is 10.3. The molecule has 0 aromatic heterocycles. The molecule has 0 amide bonds. The van der Waals surface area contributed by atoms with Crippen LogP contribution in [0.15, 0.2) is 0 Å². The Morgan fingerprint density at radius 2 is 1.69 bits per heavy atom. The minimum atomic E-state index is -2.43. The monoisotopic (exact) mass is 252 g/mol. The van der Waals surface area contributed by atoms with Crippen molar-refractivity contribution in [2.45, 2.75) is 43.2 Å². The second-order valence-electron chi connectivity index (χ2n) is 4.89. The van der Waals surface area contributed by atoms with Crippen molar-refractivity contribution in [1.29, 1.82) is 0 Å². The lowest BCUT2D eigenvalue weighted by molar-refractivity contribution is -0.146. The zero-order valence-electron chi connectivity index (χ0n) is 9.66. The van der Waals surface area contributed by atoms with E-state index in [0.717, 1.165) is 0 Å². The molecule has 0 radical (unpaired) electrons. The van der Waals surface area contributed by atoms with Gasteiger partial charge in [0.1, 0.15) is 23.5 Å². The van der Waals surface area contributed by atoms with Gasteiger partial charge in [-0.25, -0.2) is 0 Å². The highest BCUT2D eigenvalue weighted by Gasteiger charge is 2.50. The third kappa shape index (κ3) is 2.87. The van der Waals surface area contributed by atoms with E-state index in [1.54, 1.807) is 19.6 Å². The molecule has 7 heteroatoms. The summed E-state index contributed by atoms with van der Waals surface area (Å²) in [4.78, 5) is 10.3. The lowest BCUT2D eigenvalue weighted by Crippen LogP contribution is -2.67. The Bertz CT molecular complexity index is 241. The number of aliphatic hydroxyl groups excluding tert-OH is 4. The average molecular weight is 252 g/mol. The number of aliphatic hydroxyl groups is 5. The maximum Gasteiger partial charge on any atom is 0.151 e. The van der Waals surface area contributed by atoms with E-state index in [1.165, 1.54) is 0 Å². The van der Waals surface area contributed by atoms with Gasteiger partial charge in [0.05, 0.1) is 14.7 Å². The van der Waals surface area contributed by atoms with Crippen LogP contribution in [0.5, 0.6) is 0 Å². The summed E-state index contributed by atoms with van der Waals surface area (Å²) in [5.41, 5.74) is 0. The van der Waals surface area contributed by atoms with Gasteiger partial charge in [-0.05, 0) is 0 Å². The second kappa shape index (κ2) is 5.35. The SMILES string of the molecule is C[Si](C)(C)[C@@](O)(CO)[C@@H](O)[C@H](O)[C@@H](O)C=O. The molecule has 4 atom stereocenters. The summed E-state index contributed by atoms with van der Waals surface area (Å²) in [6.07, 6.45) is -5.31. The molecule has 0 aliphatic heterocycles. The van der Waals surface area contributed by atoms with E-state index in [4.69, 9.17) is 10.2 Å². The van der Waals surface area contributed by atoms with Gasteiger partial charge in [-0.2, -0.15) is 0 Å². The third-order valence-corrected chi connectivity index (χ3v) is 5.89. The first-order valence-corrected chi connectivity index (χ1v) is 8.44. The van der Waals surface area contributed by atoms with E-state index >= 15 is 0 Å². The fourth-order valence-corrected chi connectivity index (χ4v) is 2.86. The highest BCUT2D eigenvalue weighted by Crippen LogP contribution is 2.26. The number of aldehydes is 1. The topological polar surface area (TPSA) is 118 Å². The van der Waals surface area contributed by atoms with Crippen molar-refractivity contribution in [3.8, 4) is 0 Å². The van der Waals surface area contributed by atoms with Crippen LogP contribution in [0.25, 0.3) is 0 Å². The Balaban J connectivity index is 5.05. The molecule has 0 aliphatic carbocycles. The van der Waals surface area contributed by atoms with E-state index in [0.29, 0.717) is 0 Å². The Kier molecular flexibility index (Phi) is 5.24. The quantitative estimate of drug-likeness (QED) is 0.272. The van der Waals surface area contributed by atoms with Crippen LogP contribution in [0.4, 0.5) is 0 Å². The van der Waals surface area contributed by atoms with Gasteiger partial charge in [-0.15, -0.1) is 0 Å². The Morgan fingerprint density at radius 1 is 1.25 bits per heavy atom. The van der Waals surface area contributed by atoms with Crippen molar-refractivity contribution in [2.24, 2.45) is 0 Å². The highest BCUT2D eigenvalue weighted by atomic mass is 28.3. The fourth-order valence-electron chi connectivity index (χ4n) is 1.32. The van der Waals surface area contributed by atoms with Gasteiger partial charge >= 0.3 is 0 Å². The predicted molar refractivity (Wildman–Crippen MR) is 59.5 cm³/mol. The van der Waals surface area contributed by atoms with Gasteiger partial charge in [0.2, 0.25) is 0 Å². The predicted octanol–water partition coefficient (Wildman–Crippen LogP) is -2.13. The molecular weight excluding hydrogens is 232 g/mol. The molecule has 0 saturated carbocycles. The average Bonchev–Trinajstić information content (AvgIpc) is 2.22. The molecule has 0 fully saturated rings. The lowest BCUT2D eigenvalue weighted by Gasteiger charge is -2.43. The van der Waals surface area contributed by atoms with Gasteiger partial charge < -0.3 is 30.3 Å². The molecule has 0 aromatic carbocycles. The summed E-state index contributed by atoms with van der Waals surface area (Å²) in [5.74, 6) is 0. The Hall–Kier alpha value is -0.313. The normalized spacial score (nSPS) is 22.0. The Morgan fingerprint density at radius 3 is 1.94 bits per heavy atom. The molecule has 6 nitrogen and oxygen atoms in total. The summed E-state index contributed by atoms with van der Waals surface area (Å²) >= 11 is 0. The van der Waals surface area contributed by atoms with Crippen LogP contribution in [0, 0.1) is 0 Å². The van der Waals surface area contributed by atoms with Crippen LogP contribution in [-0.2, 0) is 4.79 Å². The van der Waals surface area contributed by atoms with Gasteiger partial charge in [-0.3, -0.25) is 0 Å². The first-order chi connectivity index (χ1) is 7.11. The summed E-state index contributed by atoms with van der Waals surface area (Å²) in [5, 5.41) is 45.6. The number of carbonyl (C=O) groups is 1. The van der Waals surface area contributed by atoms with Crippen LogP contribution >= 0.6 is 0 Å². The van der Waals surface area contributed by atoms with Gasteiger partial charge in [-0.1, -0.05) is 19.6 Å². The standard InChI is InChI=1S/C9H20O6Si/c1-16(2,3)9(15,5-11)8(14)7(13)6(12)4-10/h4,6-8,11-15H,5H2,1-3H3/t6-,7+,8-,9-/m0/s1. The van der Waals surface area contributed by atoms with E-state index in [9.17, 15) is 20.1 Å². The van der Waals surface area contributed by atoms with Crippen molar-refractivity contribution in [2.75, 3.05) is 6.61 Å². The first kappa shape index (κ1) is 15.7. The van der Waals surface area contributed by atoms with Gasteiger partial charge in [0.15, 0.2) is 6.29 Å². The molecule has 16 heavy (non-hydrogen) atoms. The molecule has 96 valence electrons. The first-order valence-electron chi connectivity index (χ1n) is 4.94. The minimum absolute atomic E-state index is 0.0654. The van der Waals surface area contributed by atoms with Crippen molar-refractivity contribution in [3.05, 3.63) is 0 Å².